The summed E-state index contributed by atoms with van der Waals surface area (Å²) in [5.41, 5.74) is 2.48. The molecule has 0 saturated carbocycles. The first-order valence-corrected chi connectivity index (χ1v) is 9.35. The highest BCUT2D eigenvalue weighted by Gasteiger charge is 2.11. The lowest BCUT2D eigenvalue weighted by Crippen LogP contribution is -1.93. The Bertz CT molecular complexity index is 1050. The van der Waals surface area contributed by atoms with E-state index in [1.54, 1.807) is 11.8 Å². The Labute approximate surface area is 164 Å². The van der Waals surface area contributed by atoms with Crippen LogP contribution in [0.3, 0.4) is 0 Å². The lowest BCUT2D eigenvalue weighted by Gasteiger charge is -1.99. The molecule has 0 fully saturated rings. The molecular formula is C18H14ClN5O2S. The van der Waals surface area contributed by atoms with E-state index in [2.05, 4.69) is 20.5 Å². The van der Waals surface area contributed by atoms with Crippen LogP contribution in [-0.4, -0.2) is 32.3 Å². The molecule has 2 aromatic carbocycles. The molecule has 9 heteroatoms. The van der Waals surface area contributed by atoms with Gasteiger partial charge in [0, 0.05) is 16.3 Å². The minimum atomic E-state index is 0.461. The predicted molar refractivity (Wildman–Crippen MR) is 102 cm³/mol. The van der Waals surface area contributed by atoms with Gasteiger partial charge >= 0.3 is 0 Å². The third-order valence-electron chi connectivity index (χ3n) is 3.70. The molecule has 0 bridgehead atoms. The average molecular weight is 400 g/mol. The summed E-state index contributed by atoms with van der Waals surface area (Å²) in [5.74, 6) is 1.79. The molecule has 0 spiro atoms. The van der Waals surface area contributed by atoms with E-state index < -0.39 is 0 Å². The largest absolute Gasteiger partial charge is 0.497 e. The molecule has 0 amide bonds. The van der Waals surface area contributed by atoms with E-state index in [4.69, 9.17) is 20.8 Å². The zero-order valence-electron chi connectivity index (χ0n) is 14.2. The fourth-order valence-electron chi connectivity index (χ4n) is 2.36. The van der Waals surface area contributed by atoms with E-state index in [0.29, 0.717) is 21.9 Å². The molecule has 0 radical (unpaired) electrons. The second-order valence-corrected chi connectivity index (χ2v) is 6.89. The number of nitrogens with zero attached hydrogens (tertiary/aromatic N) is 5. The van der Waals surface area contributed by atoms with Crippen LogP contribution in [0.1, 0.15) is 5.69 Å². The molecule has 136 valence electrons. The molecule has 0 saturated heterocycles. The maximum atomic E-state index is 6.01. The number of benzene rings is 2. The van der Waals surface area contributed by atoms with Crippen molar-refractivity contribution in [2.45, 2.75) is 11.0 Å². The average Bonchev–Trinajstić information content (AvgIpc) is 3.36. The molecule has 0 unspecified atom stereocenters. The van der Waals surface area contributed by atoms with E-state index in [0.717, 1.165) is 22.7 Å². The van der Waals surface area contributed by atoms with Gasteiger partial charge in [0.1, 0.15) is 5.75 Å². The topological polar surface area (TPSA) is 78.9 Å². The quantitative estimate of drug-likeness (QED) is 0.448. The third-order valence-corrected chi connectivity index (χ3v) is 4.79. The summed E-state index contributed by atoms with van der Waals surface area (Å²) in [6, 6.07) is 14.9. The van der Waals surface area contributed by atoms with Gasteiger partial charge in [-0.25, -0.2) is 4.68 Å². The van der Waals surface area contributed by atoms with Crippen LogP contribution < -0.4 is 4.74 Å². The predicted octanol–water partition coefficient (Wildman–Crippen LogP) is 4.27. The maximum Gasteiger partial charge on any atom is 0.277 e. The Kier molecular flexibility index (Phi) is 5.08. The van der Waals surface area contributed by atoms with E-state index >= 15 is 0 Å². The van der Waals surface area contributed by atoms with Crippen molar-refractivity contribution in [1.82, 2.24) is 25.2 Å². The van der Waals surface area contributed by atoms with Crippen molar-refractivity contribution in [3.05, 3.63) is 65.4 Å². The lowest BCUT2D eigenvalue weighted by molar-refractivity contribution is 0.414. The van der Waals surface area contributed by atoms with Crippen LogP contribution in [-0.2, 0) is 5.75 Å². The Hall–Kier alpha value is -2.84. The van der Waals surface area contributed by atoms with E-state index in [1.165, 1.54) is 11.8 Å². The van der Waals surface area contributed by atoms with Crippen molar-refractivity contribution in [1.29, 1.82) is 0 Å². The minimum absolute atomic E-state index is 0.461. The molecule has 7 nitrogen and oxygen atoms in total. The summed E-state index contributed by atoms with van der Waals surface area (Å²) in [6.07, 6.45) is 1.85. The van der Waals surface area contributed by atoms with Gasteiger partial charge in [-0.1, -0.05) is 34.6 Å². The molecule has 4 aromatic rings. The number of hydrogen-bond donors (Lipinski definition) is 0. The van der Waals surface area contributed by atoms with Crippen molar-refractivity contribution in [3.8, 4) is 22.9 Å². The SMILES string of the molecule is COc1ccc(-c2nnc(SCc3cn(-c4cccc(Cl)c4)nn3)o2)cc1. The van der Waals surface area contributed by atoms with E-state index in [-0.39, 0.29) is 0 Å². The number of methoxy groups -OCH3 is 1. The molecule has 2 heterocycles. The highest BCUT2D eigenvalue weighted by molar-refractivity contribution is 7.98. The van der Waals surface area contributed by atoms with E-state index in [9.17, 15) is 0 Å². The van der Waals surface area contributed by atoms with Gasteiger partial charge in [0.25, 0.3) is 5.22 Å². The molecule has 0 aliphatic heterocycles. The molecule has 0 N–H and O–H groups in total. The van der Waals surface area contributed by atoms with Gasteiger partial charge in [0.15, 0.2) is 0 Å². The van der Waals surface area contributed by atoms with Crippen molar-refractivity contribution >= 4 is 23.4 Å². The standard InChI is InChI=1S/C18H14ClN5O2S/c1-25-16-7-5-12(6-8-16)17-21-22-18(26-17)27-11-14-10-24(23-20-14)15-4-2-3-13(19)9-15/h2-10H,11H2,1H3. The third kappa shape index (κ3) is 4.12. The van der Waals surface area contributed by atoms with Crippen LogP contribution >= 0.6 is 23.4 Å². The summed E-state index contributed by atoms with van der Waals surface area (Å²) in [7, 11) is 1.62. The number of hydrogen-bond acceptors (Lipinski definition) is 7. The number of rotatable bonds is 6. The monoisotopic (exact) mass is 399 g/mol. The van der Waals surface area contributed by atoms with Crippen LogP contribution in [0.5, 0.6) is 5.75 Å². The zero-order chi connectivity index (χ0) is 18.6. The van der Waals surface area contributed by atoms with Crippen molar-refractivity contribution < 1.29 is 9.15 Å². The smallest absolute Gasteiger partial charge is 0.277 e. The van der Waals surface area contributed by atoms with Gasteiger partial charge < -0.3 is 9.15 Å². The highest BCUT2D eigenvalue weighted by atomic mass is 35.5. The van der Waals surface area contributed by atoms with Crippen LogP contribution in [0.15, 0.2) is 64.4 Å². The van der Waals surface area contributed by atoms with Crippen molar-refractivity contribution in [3.63, 3.8) is 0 Å². The summed E-state index contributed by atoms with van der Waals surface area (Å²) >= 11 is 7.41. The molecule has 0 aliphatic carbocycles. The van der Waals surface area contributed by atoms with Crippen LogP contribution in [0.2, 0.25) is 5.02 Å². The Morgan fingerprint density at radius 1 is 1.11 bits per heavy atom. The van der Waals surface area contributed by atoms with Crippen molar-refractivity contribution in [2.75, 3.05) is 7.11 Å². The first-order valence-electron chi connectivity index (χ1n) is 7.99. The number of halogens is 1. The van der Waals surface area contributed by atoms with Gasteiger partial charge in [-0.3, -0.25) is 0 Å². The Morgan fingerprint density at radius 2 is 1.96 bits per heavy atom. The zero-order valence-corrected chi connectivity index (χ0v) is 15.8. The fourth-order valence-corrected chi connectivity index (χ4v) is 3.19. The number of aromatic nitrogens is 5. The highest BCUT2D eigenvalue weighted by Crippen LogP contribution is 2.26. The number of ether oxygens (including phenoxy) is 1. The summed E-state index contributed by atoms with van der Waals surface area (Å²) in [4.78, 5) is 0. The summed E-state index contributed by atoms with van der Waals surface area (Å²) in [6.45, 7) is 0. The maximum absolute atomic E-state index is 6.01. The second-order valence-electron chi connectivity index (χ2n) is 5.52. The molecular weight excluding hydrogens is 386 g/mol. The summed E-state index contributed by atoms with van der Waals surface area (Å²) in [5, 5.41) is 17.6. The van der Waals surface area contributed by atoms with Gasteiger partial charge in [-0.15, -0.1) is 15.3 Å². The molecule has 27 heavy (non-hydrogen) atoms. The first-order chi connectivity index (χ1) is 13.2. The lowest BCUT2D eigenvalue weighted by atomic mass is 10.2. The van der Waals surface area contributed by atoms with Gasteiger partial charge in [-0.05, 0) is 42.5 Å². The molecule has 4 rings (SSSR count). The van der Waals surface area contributed by atoms with Crippen LogP contribution in [0.25, 0.3) is 17.1 Å². The first kappa shape index (κ1) is 17.6. The van der Waals surface area contributed by atoms with Crippen molar-refractivity contribution in [2.24, 2.45) is 0 Å². The fraction of sp³-hybridized carbons (Fsp3) is 0.111. The van der Waals surface area contributed by atoms with E-state index in [1.807, 2.05) is 54.7 Å². The van der Waals surface area contributed by atoms with Crippen LogP contribution in [0.4, 0.5) is 0 Å². The molecule has 0 aliphatic rings. The Balaban J connectivity index is 1.41. The molecule has 0 atom stereocenters. The normalized spacial score (nSPS) is 10.9. The van der Waals surface area contributed by atoms with Gasteiger partial charge in [0.2, 0.25) is 5.89 Å². The minimum Gasteiger partial charge on any atom is -0.497 e. The second kappa shape index (κ2) is 7.81. The van der Waals surface area contributed by atoms with Gasteiger partial charge in [-0.2, -0.15) is 0 Å². The number of thioether (sulfide) groups is 1. The summed E-state index contributed by atoms with van der Waals surface area (Å²) < 4.78 is 12.5. The van der Waals surface area contributed by atoms with Gasteiger partial charge in [0.05, 0.1) is 24.7 Å². The Morgan fingerprint density at radius 3 is 2.74 bits per heavy atom. The molecule has 2 aromatic heterocycles. The van der Waals surface area contributed by atoms with Crippen LogP contribution in [0, 0.1) is 0 Å².